The van der Waals surface area contributed by atoms with E-state index in [0.717, 1.165) is 19.6 Å². The Hall–Kier alpha value is -0.630. The molecule has 0 spiro atoms. The van der Waals surface area contributed by atoms with Crippen LogP contribution >= 0.6 is 0 Å². The highest BCUT2D eigenvalue weighted by molar-refractivity contribution is 4.79. The number of rotatable bonds is 3. The van der Waals surface area contributed by atoms with Gasteiger partial charge in [-0.15, -0.1) is 0 Å². The first-order valence-corrected chi connectivity index (χ1v) is 4.62. The maximum atomic E-state index is 8.94. The minimum Gasteiger partial charge on any atom is -0.394 e. The van der Waals surface area contributed by atoms with Gasteiger partial charge >= 0.3 is 0 Å². The van der Waals surface area contributed by atoms with E-state index < -0.39 is 0 Å². The van der Waals surface area contributed by atoms with Crippen LogP contribution in [0.25, 0.3) is 0 Å². The highest BCUT2D eigenvalue weighted by Gasteiger charge is 2.23. The average Bonchev–Trinajstić information content (AvgIpc) is 2.14. The van der Waals surface area contributed by atoms with Crippen LogP contribution in [0.4, 0.5) is 0 Å². The van der Waals surface area contributed by atoms with Crippen LogP contribution in [0.3, 0.4) is 0 Å². The topological polar surface area (TPSA) is 56.5 Å². The van der Waals surface area contributed by atoms with Crippen LogP contribution in [0.2, 0.25) is 0 Å². The minimum atomic E-state index is -0.0811. The zero-order valence-corrected chi connectivity index (χ0v) is 7.94. The summed E-state index contributed by atoms with van der Waals surface area (Å²) >= 11 is 0. The van der Waals surface area contributed by atoms with E-state index in [9.17, 15) is 0 Å². The van der Waals surface area contributed by atoms with Gasteiger partial charge in [-0.1, -0.05) is 0 Å². The Morgan fingerprint density at radius 3 is 3.00 bits per heavy atom. The highest BCUT2D eigenvalue weighted by atomic mass is 16.5. The molecule has 0 aromatic rings. The van der Waals surface area contributed by atoms with E-state index in [-0.39, 0.29) is 18.8 Å². The molecule has 1 fully saturated rings. The summed E-state index contributed by atoms with van der Waals surface area (Å²) in [5, 5.41) is 17.4. The Labute approximate surface area is 78.7 Å². The molecule has 1 rings (SSSR count). The van der Waals surface area contributed by atoms with Crippen LogP contribution in [0.5, 0.6) is 0 Å². The quantitative estimate of drug-likeness (QED) is 0.670. The van der Waals surface area contributed by atoms with E-state index in [4.69, 9.17) is 15.1 Å². The zero-order valence-electron chi connectivity index (χ0n) is 7.94. The molecule has 74 valence electrons. The summed E-state index contributed by atoms with van der Waals surface area (Å²) in [7, 11) is 0. The van der Waals surface area contributed by atoms with Crippen molar-refractivity contribution in [3.05, 3.63) is 0 Å². The van der Waals surface area contributed by atoms with Gasteiger partial charge in [0.25, 0.3) is 0 Å². The first-order chi connectivity index (χ1) is 6.26. The van der Waals surface area contributed by atoms with Crippen molar-refractivity contribution in [2.24, 2.45) is 0 Å². The van der Waals surface area contributed by atoms with Gasteiger partial charge in [-0.3, -0.25) is 4.90 Å². The summed E-state index contributed by atoms with van der Waals surface area (Å²) < 4.78 is 5.47. The molecule has 0 aromatic heterocycles. The summed E-state index contributed by atoms with van der Waals surface area (Å²) in [4.78, 5) is 2.16. The smallest absolute Gasteiger partial charge is 0.0936 e. The number of ether oxygens (including phenoxy) is 1. The third-order valence-corrected chi connectivity index (χ3v) is 2.15. The normalized spacial score (nSPS) is 29.9. The molecule has 4 heteroatoms. The van der Waals surface area contributed by atoms with Crippen molar-refractivity contribution < 1.29 is 9.84 Å². The number of hydrogen-bond acceptors (Lipinski definition) is 4. The molecule has 0 radical (unpaired) electrons. The fourth-order valence-corrected chi connectivity index (χ4v) is 1.63. The summed E-state index contributed by atoms with van der Waals surface area (Å²) in [5.74, 6) is 0. The second kappa shape index (κ2) is 5.18. The molecular weight excluding hydrogens is 168 g/mol. The van der Waals surface area contributed by atoms with Crippen molar-refractivity contribution in [3.8, 4) is 6.07 Å². The van der Waals surface area contributed by atoms with Crippen LogP contribution in [0, 0.1) is 11.3 Å². The lowest BCUT2D eigenvalue weighted by molar-refractivity contribution is -0.0945. The van der Waals surface area contributed by atoms with Gasteiger partial charge < -0.3 is 9.84 Å². The summed E-state index contributed by atoms with van der Waals surface area (Å²) in [5.41, 5.74) is 0. The summed E-state index contributed by atoms with van der Waals surface area (Å²) in [6.07, 6.45) is 0.622. The second-order valence-corrected chi connectivity index (χ2v) is 3.42. The van der Waals surface area contributed by atoms with Crippen molar-refractivity contribution in [1.82, 2.24) is 4.90 Å². The molecule has 0 saturated carbocycles. The van der Waals surface area contributed by atoms with Crippen molar-refractivity contribution in [3.63, 3.8) is 0 Å². The molecule has 0 bridgehead atoms. The molecule has 1 aliphatic rings. The number of morpholine rings is 1. The number of nitriles is 1. The molecule has 2 unspecified atom stereocenters. The van der Waals surface area contributed by atoms with Gasteiger partial charge in [0.1, 0.15) is 0 Å². The van der Waals surface area contributed by atoms with Crippen LogP contribution in [0.15, 0.2) is 0 Å². The van der Waals surface area contributed by atoms with Crippen molar-refractivity contribution in [2.75, 3.05) is 26.2 Å². The molecule has 0 aromatic carbocycles. The molecule has 1 N–H and O–H groups in total. The van der Waals surface area contributed by atoms with Crippen LogP contribution < -0.4 is 0 Å². The molecule has 0 amide bonds. The van der Waals surface area contributed by atoms with Crippen LogP contribution in [-0.2, 0) is 4.74 Å². The van der Waals surface area contributed by atoms with Gasteiger partial charge in [-0.2, -0.15) is 5.26 Å². The Kier molecular flexibility index (Phi) is 4.16. The lowest BCUT2D eigenvalue weighted by Crippen LogP contribution is -2.48. The van der Waals surface area contributed by atoms with E-state index in [0.29, 0.717) is 6.42 Å². The number of aliphatic hydroxyl groups excluding tert-OH is 1. The molecule has 1 saturated heterocycles. The van der Waals surface area contributed by atoms with Crippen molar-refractivity contribution in [2.45, 2.75) is 25.6 Å². The number of aliphatic hydroxyl groups is 1. The SMILES string of the molecule is CC1CN(CCC#N)CC(CO)O1. The zero-order chi connectivity index (χ0) is 9.68. The molecule has 0 aliphatic carbocycles. The summed E-state index contributed by atoms with van der Waals surface area (Å²) in [6, 6.07) is 2.12. The molecule has 4 nitrogen and oxygen atoms in total. The average molecular weight is 184 g/mol. The van der Waals surface area contributed by atoms with E-state index in [2.05, 4.69) is 11.0 Å². The largest absolute Gasteiger partial charge is 0.394 e. The Morgan fingerprint density at radius 2 is 2.38 bits per heavy atom. The maximum Gasteiger partial charge on any atom is 0.0936 e. The van der Waals surface area contributed by atoms with Crippen molar-refractivity contribution in [1.29, 1.82) is 5.26 Å². The van der Waals surface area contributed by atoms with Crippen LogP contribution in [-0.4, -0.2) is 48.5 Å². The molecule has 13 heavy (non-hydrogen) atoms. The van der Waals surface area contributed by atoms with E-state index in [1.165, 1.54) is 0 Å². The lowest BCUT2D eigenvalue weighted by Gasteiger charge is -2.35. The molecule has 1 aliphatic heterocycles. The van der Waals surface area contributed by atoms with Gasteiger partial charge in [0, 0.05) is 26.1 Å². The fourth-order valence-electron chi connectivity index (χ4n) is 1.63. The van der Waals surface area contributed by atoms with Crippen LogP contribution in [0.1, 0.15) is 13.3 Å². The number of hydrogen-bond donors (Lipinski definition) is 1. The number of nitrogens with zero attached hydrogens (tertiary/aromatic N) is 2. The Balaban J connectivity index is 2.34. The summed E-state index contributed by atoms with van der Waals surface area (Å²) in [6.45, 7) is 4.43. The Bertz CT molecular complexity index is 191. The van der Waals surface area contributed by atoms with E-state index in [1.54, 1.807) is 0 Å². The molecular formula is C9H16N2O2. The van der Waals surface area contributed by atoms with Crippen molar-refractivity contribution >= 4 is 0 Å². The fraction of sp³-hybridized carbons (Fsp3) is 0.889. The van der Waals surface area contributed by atoms with Gasteiger partial charge in [0.05, 0.1) is 24.9 Å². The predicted molar refractivity (Wildman–Crippen MR) is 48.1 cm³/mol. The predicted octanol–water partition coefficient (Wildman–Crippen LogP) is -0.0183. The van der Waals surface area contributed by atoms with Gasteiger partial charge in [0.2, 0.25) is 0 Å². The van der Waals surface area contributed by atoms with Gasteiger partial charge in [-0.05, 0) is 6.92 Å². The Morgan fingerprint density at radius 1 is 1.62 bits per heavy atom. The minimum absolute atomic E-state index is 0.0629. The third-order valence-electron chi connectivity index (χ3n) is 2.15. The van der Waals surface area contributed by atoms with E-state index >= 15 is 0 Å². The highest BCUT2D eigenvalue weighted by Crippen LogP contribution is 2.10. The lowest BCUT2D eigenvalue weighted by atomic mass is 10.2. The molecule has 1 heterocycles. The van der Waals surface area contributed by atoms with Gasteiger partial charge in [0.15, 0.2) is 0 Å². The standard InChI is InChI=1S/C9H16N2O2/c1-8-5-11(4-2-3-10)6-9(7-12)13-8/h8-9,12H,2,4-7H2,1H3. The maximum absolute atomic E-state index is 8.94. The first kappa shape index (κ1) is 10.5. The molecule has 2 atom stereocenters. The third kappa shape index (κ3) is 3.31. The van der Waals surface area contributed by atoms with Gasteiger partial charge in [-0.25, -0.2) is 0 Å². The first-order valence-electron chi connectivity index (χ1n) is 4.62. The monoisotopic (exact) mass is 184 g/mol. The second-order valence-electron chi connectivity index (χ2n) is 3.42. The van der Waals surface area contributed by atoms with E-state index in [1.807, 2.05) is 6.92 Å².